The van der Waals surface area contributed by atoms with Crippen LogP contribution in [-0.2, 0) is 0 Å². The summed E-state index contributed by atoms with van der Waals surface area (Å²) in [5.74, 6) is 0.835. The highest BCUT2D eigenvalue weighted by molar-refractivity contribution is 5.93. The molecule has 5 nitrogen and oxygen atoms in total. The predicted molar refractivity (Wildman–Crippen MR) is 93.0 cm³/mol. The molecule has 0 saturated heterocycles. The average Bonchev–Trinajstić information content (AvgIpc) is 2.55. The number of nitrogens with one attached hydrogen (secondary N) is 2. The van der Waals surface area contributed by atoms with E-state index in [1.54, 1.807) is 6.20 Å². The van der Waals surface area contributed by atoms with E-state index in [-0.39, 0.29) is 5.41 Å². The van der Waals surface area contributed by atoms with Crippen LogP contribution in [0.5, 0.6) is 0 Å². The Morgan fingerprint density at radius 1 is 1.36 bits per heavy atom. The largest absolute Gasteiger partial charge is 0.353 e. The van der Waals surface area contributed by atoms with Gasteiger partial charge in [0.15, 0.2) is 5.96 Å². The highest BCUT2D eigenvalue weighted by Gasteiger charge is 2.18. The van der Waals surface area contributed by atoms with E-state index in [1.807, 2.05) is 18.3 Å². The minimum absolute atomic E-state index is 0.0100. The lowest BCUT2D eigenvalue weighted by molar-refractivity contribution is 0.389. The van der Waals surface area contributed by atoms with Crippen molar-refractivity contribution in [2.75, 3.05) is 18.4 Å². The Balaban J connectivity index is 2.03. The van der Waals surface area contributed by atoms with E-state index in [0.717, 1.165) is 11.6 Å². The van der Waals surface area contributed by atoms with E-state index in [2.05, 4.69) is 29.5 Å². The Kier molecular flexibility index (Phi) is 6.19. The van der Waals surface area contributed by atoms with Gasteiger partial charge >= 0.3 is 0 Å². The molecule has 0 spiro atoms. The van der Waals surface area contributed by atoms with Gasteiger partial charge in [-0.05, 0) is 36.9 Å². The molecule has 4 N–H and O–H groups in total. The van der Waals surface area contributed by atoms with Gasteiger partial charge in [-0.2, -0.15) is 0 Å². The third kappa shape index (κ3) is 5.64. The van der Waals surface area contributed by atoms with Gasteiger partial charge in [-0.3, -0.25) is 9.98 Å². The maximum Gasteiger partial charge on any atom is 0.196 e. The van der Waals surface area contributed by atoms with Gasteiger partial charge in [0.25, 0.3) is 0 Å². The zero-order valence-corrected chi connectivity index (χ0v) is 13.8. The number of aromatic nitrogens is 1. The van der Waals surface area contributed by atoms with E-state index >= 15 is 0 Å². The quantitative estimate of drug-likeness (QED) is 0.577. The second-order valence-corrected chi connectivity index (χ2v) is 6.88. The van der Waals surface area contributed by atoms with Crippen molar-refractivity contribution < 1.29 is 0 Å². The molecule has 1 aliphatic rings. The van der Waals surface area contributed by atoms with Crippen LogP contribution >= 0.6 is 0 Å². The number of aliphatic imine (C=N–C) groups is 1. The maximum atomic E-state index is 5.81. The molecule has 1 saturated carbocycles. The normalized spacial score (nSPS) is 17.3. The van der Waals surface area contributed by atoms with Crippen molar-refractivity contribution in [1.29, 1.82) is 0 Å². The molecule has 0 radical (unpaired) electrons. The minimum Gasteiger partial charge on any atom is -0.353 e. The lowest BCUT2D eigenvalue weighted by atomic mass is 9.94. The van der Waals surface area contributed by atoms with Gasteiger partial charge in [0.05, 0.1) is 11.9 Å². The summed E-state index contributed by atoms with van der Waals surface area (Å²) in [6.45, 7) is 5.60. The third-order valence-electron chi connectivity index (χ3n) is 4.09. The molecule has 0 unspecified atom stereocenters. The molecule has 122 valence electrons. The second kappa shape index (κ2) is 8.13. The highest BCUT2D eigenvalue weighted by atomic mass is 15.2. The topological polar surface area (TPSA) is 75.3 Å². The Morgan fingerprint density at radius 2 is 2.14 bits per heavy atom. The zero-order valence-electron chi connectivity index (χ0n) is 13.8. The molecule has 22 heavy (non-hydrogen) atoms. The third-order valence-corrected chi connectivity index (χ3v) is 4.09. The summed E-state index contributed by atoms with van der Waals surface area (Å²) in [6.07, 6.45) is 9.96. The standard InChI is InChI=1S/C17H29N5/c1-17(2,12-18)13-20-16(21-14-7-4-3-5-8-14)22-15-9-6-10-19-11-15/h6,9-11,14H,3-5,7-8,12-13,18H2,1-2H3,(H2,20,21,22). The van der Waals surface area contributed by atoms with Gasteiger partial charge in [0, 0.05) is 18.8 Å². The van der Waals surface area contributed by atoms with Crippen molar-refractivity contribution in [3.8, 4) is 0 Å². The Morgan fingerprint density at radius 3 is 2.77 bits per heavy atom. The summed E-state index contributed by atoms with van der Waals surface area (Å²) >= 11 is 0. The lowest BCUT2D eigenvalue weighted by Crippen LogP contribution is -2.41. The average molecular weight is 303 g/mol. The Hall–Kier alpha value is -1.62. The summed E-state index contributed by atoms with van der Waals surface area (Å²) in [5, 5.41) is 6.93. The van der Waals surface area contributed by atoms with Gasteiger partial charge in [-0.1, -0.05) is 33.1 Å². The SMILES string of the molecule is CC(C)(CN)CN=C(Nc1cccnc1)NC1CCCCC1. The molecule has 5 heteroatoms. The Bertz CT molecular complexity index is 463. The fourth-order valence-electron chi connectivity index (χ4n) is 2.49. The van der Waals surface area contributed by atoms with E-state index in [4.69, 9.17) is 10.7 Å². The molecule has 1 heterocycles. The van der Waals surface area contributed by atoms with Crippen LogP contribution in [0.3, 0.4) is 0 Å². The first kappa shape index (κ1) is 16.7. The zero-order chi connectivity index (χ0) is 15.8. The van der Waals surface area contributed by atoms with Gasteiger partial charge in [-0.15, -0.1) is 0 Å². The number of hydrogen-bond donors (Lipinski definition) is 3. The van der Waals surface area contributed by atoms with Crippen molar-refractivity contribution >= 4 is 11.6 Å². The fraction of sp³-hybridized carbons (Fsp3) is 0.647. The molecule has 0 aliphatic heterocycles. The number of guanidine groups is 1. The molecule has 1 aliphatic carbocycles. The fourth-order valence-corrected chi connectivity index (χ4v) is 2.49. The Labute approximate surface area is 133 Å². The first-order valence-electron chi connectivity index (χ1n) is 8.27. The van der Waals surface area contributed by atoms with Crippen LogP contribution in [0.25, 0.3) is 0 Å². The van der Waals surface area contributed by atoms with Crippen LogP contribution in [0.4, 0.5) is 5.69 Å². The van der Waals surface area contributed by atoms with Crippen LogP contribution in [-0.4, -0.2) is 30.1 Å². The number of nitrogens with two attached hydrogens (primary N) is 1. The van der Waals surface area contributed by atoms with Crippen LogP contribution in [0.15, 0.2) is 29.5 Å². The maximum absolute atomic E-state index is 5.81. The lowest BCUT2D eigenvalue weighted by Gasteiger charge is -2.26. The minimum atomic E-state index is 0.0100. The molecule has 0 bridgehead atoms. The van der Waals surface area contributed by atoms with Crippen molar-refractivity contribution in [1.82, 2.24) is 10.3 Å². The van der Waals surface area contributed by atoms with Gasteiger partial charge in [-0.25, -0.2) is 0 Å². The molecule has 0 atom stereocenters. The predicted octanol–water partition coefficient (Wildman–Crippen LogP) is 2.76. The van der Waals surface area contributed by atoms with Crippen molar-refractivity contribution in [2.24, 2.45) is 16.1 Å². The summed E-state index contributed by atoms with van der Waals surface area (Å²) in [6, 6.07) is 4.43. The summed E-state index contributed by atoms with van der Waals surface area (Å²) in [7, 11) is 0. The van der Waals surface area contributed by atoms with Crippen molar-refractivity contribution in [2.45, 2.75) is 52.0 Å². The molecular weight excluding hydrogens is 274 g/mol. The number of rotatable bonds is 5. The highest BCUT2D eigenvalue weighted by Crippen LogP contribution is 2.18. The van der Waals surface area contributed by atoms with E-state index < -0.39 is 0 Å². The molecular formula is C17H29N5. The molecule has 1 aromatic heterocycles. The summed E-state index contributed by atoms with van der Waals surface area (Å²) in [4.78, 5) is 8.89. The summed E-state index contributed by atoms with van der Waals surface area (Å²) < 4.78 is 0. The number of pyridine rings is 1. The first-order chi connectivity index (χ1) is 10.6. The van der Waals surface area contributed by atoms with E-state index in [0.29, 0.717) is 19.1 Å². The first-order valence-corrected chi connectivity index (χ1v) is 8.27. The van der Waals surface area contributed by atoms with Gasteiger partial charge < -0.3 is 16.4 Å². The van der Waals surface area contributed by atoms with Crippen molar-refractivity contribution in [3.63, 3.8) is 0 Å². The number of hydrogen-bond acceptors (Lipinski definition) is 3. The monoisotopic (exact) mass is 303 g/mol. The van der Waals surface area contributed by atoms with Gasteiger partial charge in [0.1, 0.15) is 0 Å². The van der Waals surface area contributed by atoms with E-state index in [9.17, 15) is 0 Å². The molecule has 1 fully saturated rings. The van der Waals surface area contributed by atoms with Crippen LogP contribution in [0.1, 0.15) is 46.0 Å². The van der Waals surface area contributed by atoms with Crippen LogP contribution < -0.4 is 16.4 Å². The van der Waals surface area contributed by atoms with E-state index in [1.165, 1.54) is 32.1 Å². The van der Waals surface area contributed by atoms with Crippen LogP contribution in [0, 0.1) is 5.41 Å². The van der Waals surface area contributed by atoms with Crippen molar-refractivity contribution in [3.05, 3.63) is 24.5 Å². The smallest absolute Gasteiger partial charge is 0.196 e. The molecule has 0 aromatic carbocycles. The second-order valence-electron chi connectivity index (χ2n) is 6.88. The summed E-state index contributed by atoms with van der Waals surface area (Å²) in [5.41, 5.74) is 6.77. The number of nitrogens with zero attached hydrogens (tertiary/aromatic N) is 2. The van der Waals surface area contributed by atoms with Crippen LogP contribution in [0.2, 0.25) is 0 Å². The van der Waals surface area contributed by atoms with Gasteiger partial charge in [0.2, 0.25) is 0 Å². The molecule has 0 amide bonds. The molecule has 2 rings (SSSR count). The molecule has 1 aromatic rings. The number of anilines is 1.